The number of para-hydroxylation sites is 1. The summed E-state index contributed by atoms with van der Waals surface area (Å²) in [5, 5.41) is 8.69. The molecule has 1 N–H and O–H groups in total. The van der Waals surface area contributed by atoms with Gasteiger partial charge in [-0.3, -0.25) is 4.79 Å². The molecule has 1 atom stereocenters. The summed E-state index contributed by atoms with van der Waals surface area (Å²) in [6.07, 6.45) is 0.972. The Balaban J connectivity index is 2.36. The molecule has 0 aliphatic carbocycles. The van der Waals surface area contributed by atoms with Crippen LogP contribution in [0.3, 0.4) is 0 Å². The Morgan fingerprint density at radius 1 is 1.40 bits per heavy atom. The highest BCUT2D eigenvalue weighted by Crippen LogP contribution is 2.12. The molecule has 0 bridgehead atoms. The Kier molecular flexibility index (Phi) is 4.84. The zero-order valence-electron chi connectivity index (χ0n) is 8.85. The van der Waals surface area contributed by atoms with Gasteiger partial charge >= 0.3 is 5.97 Å². The topological polar surface area (TPSA) is 46.5 Å². The van der Waals surface area contributed by atoms with Crippen LogP contribution in [0.25, 0.3) is 0 Å². The average Bonchev–Trinajstić information content (AvgIpc) is 2.19. The normalized spacial score (nSPS) is 12.1. The van der Waals surface area contributed by atoms with Crippen molar-refractivity contribution in [2.75, 3.05) is 6.61 Å². The predicted octanol–water partition coefficient (Wildman–Crippen LogP) is 2.00. The van der Waals surface area contributed by atoms with Crippen LogP contribution in [0.2, 0.25) is 0 Å². The van der Waals surface area contributed by atoms with E-state index in [9.17, 15) is 4.79 Å². The minimum absolute atomic E-state index is 0.111. The maximum Gasteiger partial charge on any atom is 0.311 e. The van der Waals surface area contributed by atoms with Crippen LogP contribution in [0, 0.1) is 5.92 Å². The summed E-state index contributed by atoms with van der Waals surface area (Å²) in [6.45, 7) is 2.03. The average molecular weight is 208 g/mol. The van der Waals surface area contributed by atoms with Crippen LogP contribution >= 0.6 is 0 Å². The molecule has 0 amide bonds. The lowest BCUT2D eigenvalue weighted by molar-refractivity contribution is -0.135. The third-order valence-electron chi connectivity index (χ3n) is 2.11. The first-order chi connectivity index (χ1) is 7.22. The van der Waals surface area contributed by atoms with Crippen molar-refractivity contribution in [3.05, 3.63) is 30.3 Å². The van der Waals surface area contributed by atoms with Gasteiger partial charge in [-0.05, 0) is 24.5 Å². The highest BCUT2D eigenvalue weighted by atomic mass is 16.5. The summed E-state index contributed by atoms with van der Waals surface area (Å²) in [6, 6.07) is 8.99. The van der Waals surface area contributed by atoms with Gasteiger partial charge in [-0.15, -0.1) is 0 Å². The van der Waals surface area contributed by atoms with Crippen molar-refractivity contribution in [3.63, 3.8) is 0 Å². The molecule has 0 heterocycles. The van der Waals surface area contributed by atoms with E-state index in [-0.39, 0.29) is 18.5 Å². The van der Waals surface area contributed by atoms with E-state index in [1.165, 1.54) is 0 Å². The van der Waals surface area contributed by atoms with Gasteiger partial charge in [-0.25, -0.2) is 0 Å². The Morgan fingerprint density at radius 3 is 2.67 bits per heavy atom. The minimum Gasteiger partial charge on any atom is -0.427 e. The summed E-state index contributed by atoms with van der Waals surface area (Å²) in [5.74, 6) is 0.479. The summed E-state index contributed by atoms with van der Waals surface area (Å²) in [4.78, 5) is 11.4. The second kappa shape index (κ2) is 6.19. The van der Waals surface area contributed by atoms with Crippen molar-refractivity contribution >= 4 is 5.97 Å². The van der Waals surface area contributed by atoms with Crippen molar-refractivity contribution in [1.29, 1.82) is 0 Å². The number of carbonyl (C=O) groups is 1. The standard InChI is InChI=1S/C12H16O3/c1-10(7-8-13)9-12(14)15-11-5-3-2-4-6-11/h2-6,10,13H,7-9H2,1H3/t10-/m1/s1. The van der Waals surface area contributed by atoms with Gasteiger partial charge in [-0.2, -0.15) is 0 Å². The first-order valence-electron chi connectivity index (χ1n) is 5.09. The second-order valence-corrected chi connectivity index (χ2v) is 3.61. The molecule has 3 heteroatoms. The number of hydrogen-bond acceptors (Lipinski definition) is 3. The molecule has 0 saturated heterocycles. The lowest BCUT2D eigenvalue weighted by Gasteiger charge is -2.08. The maximum absolute atomic E-state index is 11.4. The number of esters is 1. The van der Waals surface area contributed by atoms with Crippen molar-refractivity contribution in [2.24, 2.45) is 5.92 Å². The van der Waals surface area contributed by atoms with E-state index in [4.69, 9.17) is 9.84 Å². The van der Waals surface area contributed by atoms with Gasteiger partial charge < -0.3 is 9.84 Å². The van der Waals surface area contributed by atoms with Gasteiger partial charge in [-0.1, -0.05) is 25.1 Å². The van der Waals surface area contributed by atoms with Crippen LogP contribution in [-0.4, -0.2) is 17.7 Å². The van der Waals surface area contributed by atoms with Crippen LogP contribution in [0.5, 0.6) is 5.75 Å². The van der Waals surface area contributed by atoms with Gasteiger partial charge in [0.15, 0.2) is 0 Å². The van der Waals surface area contributed by atoms with Crippen LogP contribution in [0.15, 0.2) is 30.3 Å². The first kappa shape index (κ1) is 11.7. The number of carbonyl (C=O) groups excluding carboxylic acids is 1. The molecule has 0 saturated carbocycles. The summed E-state index contributed by atoms with van der Waals surface area (Å²) >= 11 is 0. The predicted molar refractivity (Wildman–Crippen MR) is 57.6 cm³/mol. The van der Waals surface area contributed by atoms with E-state index in [1.54, 1.807) is 12.1 Å². The molecular formula is C12H16O3. The molecule has 82 valence electrons. The second-order valence-electron chi connectivity index (χ2n) is 3.61. The van der Waals surface area contributed by atoms with E-state index in [2.05, 4.69) is 0 Å². The van der Waals surface area contributed by atoms with Crippen LogP contribution in [0.4, 0.5) is 0 Å². The van der Waals surface area contributed by atoms with Gasteiger partial charge in [0.25, 0.3) is 0 Å². The Bertz CT molecular complexity index is 295. The number of aliphatic hydroxyl groups is 1. The molecule has 1 rings (SSSR count). The molecule has 0 aromatic heterocycles. The Morgan fingerprint density at radius 2 is 2.07 bits per heavy atom. The molecule has 0 aliphatic heterocycles. The fraction of sp³-hybridized carbons (Fsp3) is 0.417. The van der Waals surface area contributed by atoms with Crippen molar-refractivity contribution in [1.82, 2.24) is 0 Å². The third-order valence-corrected chi connectivity index (χ3v) is 2.11. The number of rotatable bonds is 5. The van der Waals surface area contributed by atoms with Gasteiger partial charge in [0.2, 0.25) is 0 Å². The quantitative estimate of drug-likeness (QED) is 0.594. The summed E-state index contributed by atoms with van der Waals surface area (Å²) < 4.78 is 5.11. The lowest BCUT2D eigenvalue weighted by atomic mass is 10.1. The largest absolute Gasteiger partial charge is 0.427 e. The molecule has 15 heavy (non-hydrogen) atoms. The summed E-state index contributed by atoms with van der Waals surface area (Å²) in [7, 11) is 0. The van der Waals surface area contributed by atoms with Gasteiger partial charge in [0.1, 0.15) is 5.75 Å². The fourth-order valence-electron chi connectivity index (χ4n) is 1.27. The lowest BCUT2D eigenvalue weighted by Crippen LogP contribution is -2.13. The summed E-state index contributed by atoms with van der Waals surface area (Å²) in [5.41, 5.74) is 0. The van der Waals surface area contributed by atoms with Crippen LogP contribution in [0.1, 0.15) is 19.8 Å². The fourth-order valence-corrected chi connectivity index (χ4v) is 1.27. The third kappa shape index (κ3) is 4.61. The maximum atomic E-state index is 11.4. The zero-order valence-corrected chi connectivity index (χ0v) is 8.85. The number of hydrogen-bond donors (Lipinski definition) is 1. The minimum atomic E-state index is -0.248. The molecule has 1 aromatic carbocycles. The van der Waals surface area contributed by atoms with Gasteiger partial charge in [0, 0.05) is 13.0 Å². The van der Waals surface area contributed by atoms with Crippen molar-refractivity contribution in [2.45, 2.75) is 19.8 Å². The monoisotopic (exact) mass is 208 g/mol. The number of aliphatic hydroxyl groups excluding tert-OH is 1. The van der Waals surface area contributed by atoms with E-state index in [0.29, 0.717) is 18.6 Å². The first-order valence-corrected chi connectivity index (χ1v) is 5.09. The van der Waals surface area contributed by atoms with Crippen LogP contribution in [-0.2, 0) is 4.79 Å². The highest BCUT2D eigenvalue weighted by molar-refractivity contribution is 5.72. The number of benzene rings is 1. The van der Waals surface area contributed by atoms with E-state index >= 15 is 0 Å². The van der Waals surface area contributed by atoms with Gasteiger partial charge in [0.05, 0.1) is 0 Å². The van der Waals surface area contributed by atoms with Crippen molar-refractivity contribution < 1.29 is 14.6 Å². The molecule has 0 spiro atoms. The van der Waals surface area contributed by atoms with Crippen LogP contribution < -0.4 is 4.74 Å². The van der Waals surface area contributed by atoms with E-state index in [0.717, 1.165) is 0 Å². The molecule has 0 aliphatic rings. The number of ether oxygens (including phenoxy) is 1. The highest BCUT2D eigenvalue weighted by Gasteiger charge is 2.10. The van der Waals surface area contributed by atoms with E-state index in [1.807, 2.05) is 25.1 Å². The smallest absolute Gasteiger partial charge is 0.311 e. The Labute approximate surface area is 89.7 Å². The SMILES string of the molecule is C[C@H](CCO)CC(=O)Oc1ccccc1. The molecule has 0 unspecified atom stereocenters. The molecule has 0 fully saturated rings. The molecular weight excluding hydrogens is 192 g/mol. The molecule has 3 nitrogen and oxygen atoms in total. The molecule has 1 aromatic rings. The molecule has 0 radical (unpaired) electrons. The van der Waals surface area contributed by atoms with E-state index < -0.39 is 0 Å². The van der Waals surface area contributed by atoms with Crippen molar-refractivity contribution in [3.8, 4) is 5.75 Å². The Hall–Kier alpha value is -1.35. The zero-order chi connectivity index (χ0) is 11.1.